The summed E-state index contributed by atoms with van der Waals surface area (Å²) in [4.78, 5) is 4.54. The van der Waals surface area contributed by atoms with Crippen LogP contribution in [0.3, 0.4) is 0 Å². The predicted octanol–water partition coefficient (Wildman–Crippen LogP) is 4.56. The average Bonchev–Trinajstić information content (AvgIpc) is 3.08. The number of hydrogen-bond acceptors (Lipinski definition) is 4. The smallest absolute Gasteiger partial charge is 0.146 e. The van der Waals surface area contributed by atoms with E-state index in [-0.39, 0.29) is 11.9 Å². The molecule has 2 aliphatic rings. The molecule has 0 amide bonds. The minimum Gasteiger partial charge on any atom is -0.381 e. The molecule has 1 aromatic heterocycles. The van der Waals surface area contributed by atoms with E-state index in [1.165, 1.54) is 12.1 Å². The molecule has 1 unspecified atom stereocenters. The monoisotopic (exact) mass is 383 g/mol. The standard InChI is InChI=1S/C23H26FNO3/c1-26-15-28-23-12-18-14-27-10-9-21(18)22(23)8-7-20-6-5-17(13-25-20)16-3-2-4-19(24)11-16/h2-8,11,13,18,21-23H,9-10,12,14-15H2,1H3/b8-7+/t18-,21+,22-,23?/m0/s1. The van der Waals surface area contributed by atoms with Crippen LogP contribution in [0.5, 0.6) is 0 Å². The Morgan fingerprint density at radius 1 is 1.25 bits per heavy atom. The first-order valence-corrected chi connectivity index (χ1v) is 9.83. The summed E-state index contributed by atoms with van der Waals surface area (Å²) in [6.45, 7) is 1.96. The molecule has 0 bridgehead atoms. The van der Waals surface area contributed by atoms with Gasteiger partial charge in [0.25, 0.3) is 0 Å². The number of rotatable bonds is 6. The second-order valence-electron chi connectivity index (χ2n) is 7.55. The molecule has 4 rings (SSSR count). The van der Waals surface area contributed by atoms with Crippen LogP contribution in [-0.2, 0) is 14.2 Å². The van der Waals surface area contributed by atoms with E-state index in [1.54, 1.807) is 19.4 Å². The summed E-state index contributed by atoms with van der Waals surface area (Å²) >= 11 is 0. The minimum absolute atomic E-state index is 0.152. The third-order valence-electron chi connectivity index (χ3n) is 5.83. The van der Waals surface area contributed by atoms with Gasteiger partial charge in [0.05, 0.1) is 11.8 Å². The number of fused-ring (bicyclic) bond motifs is 1. The molecule has 5 heteroatoms. The van der Waals surface area contributed by atoms with Gasteiger partial charge in [-0.2, -0.15) is 0 Å². The highest BCUT2D eigenvalue weighted by Gasteiger charge is 2.43. The Kier molecular flexibility index (Phi) is 6.15. The first kappa shape index (κ1) is 19.2. The fourth-order valence-corrected chi connectivity index (χ4v) is 4.45. The van der Waals surface area contributed by atoms with E-state index in [0.29, 0.717) is 24.5 Å². The van der Waals surface area contributed by atoms with Crippen molar-refractivity contribution in [3.8, 4) is 11.1 Å². The Bertz CT molecular complexity index is 808. The summed E-state index contributed by atoms with van der Waals surface area (Å²) in [5.74, 6) is 1.23. The third kappa shape index (κ3) is 4.32. The summed E-state index contributed by atoms with van der Waals surface area (Å²) in [6.07, 6.45) is 8.33. The zero-order valence-corrected chi connectivity index (χ0v) is 16.1. The molecule has 1 saturated carbocycles. The Hall–Kier alpha value is -2.08. The zero-order valence-electron chi connectivity index (χ0n) is 16.1. The molecule has 1 aromatic carbocycles. The van der Waals surface area contributed by atoms with E-state index in [1.807, 2.05) is 18.2 Å². The van der Waals surface area contributed by atoms with Gasteiger partial charge in [-0.25, -0.2) is 4.39 Å². The predicted molar refractivity (Wildman–Crippen MR) is 106 cm³/mol. The van der Waals surface area contributed by atoms with Crippen LogP contribution >= 0.6 is 0 Å². The molecule has 2 aromatic rings. The maximum absolute atomic E-state index is 13.4. The zero-order chi connectivity index (χ0) is 19.3. The number of ether oxygens (including phenoxy) is 3. The van der Waals surface area contributed by atoms with Crippen LogP contribution in [0.1, 0.15) is 18.5 Å². The number of pyridine rings is 1. The second kappa shape index (κ2) is 8.95. The molecular weight excluding hydrogens is 357 g/mol. The van der Waals surface area contributed by atoms with Crippen LogP contribution in [0.25, 0.3) is 17.2 Å². The first-order valence-electron chi connectivity index (χ1n) is 9.83. The van der Waals surface area contributed by atoms with E-state index in [0.717, 1.165) is 42.9 Å². The van der Waals surface area contributed by atoms with Gasteiger partial charge < -0.3 is 14.2 Å². The van der Waals surface area contributed by atoms with Crippen molar-refractivity contribution in [2.75, 3.05) is 27.1 Å². The lowest BCUT2D eigenvalue weighted by atomic mass is 9.85. The van der Waals surface area contributed by atoms with Crippen LogP contribution in [0.15, 0.2) is 48.7 Å². The van der Waals surface area contributed by atoms with Crippen molar-refractivity contribution in [2.45, 2.75) is 18.9 Å². The van der Waals surface area contributed by atoms with Crippen molar-refractivity contribution in [3.63, 3.8) is 0 Å². The molecule has 148 valence electrons. The number of hydrogen-bond donors (Lipinski definition) is 0. The number of methoxy groups -OCH3 is 1. The highest BCUT2D eigenvalue weighted by atomic mass is 19.1. The van der Waals surface area contributed by atoms with E-state index in [9.17, 15) is 4.39 Å². The maximum Gasteiger partial charge on any atom is 0.146 e. The Morgan fingerprint density at radius 2 is 2.18 bits per heavy atom. The topological polar surface area (TPSA) is 40.6 Å². The lowest BCUT2D eigenvalue weighted by Gasteiger charge is -2.28. The van der Waals surface area contributed by atoms with Gasteiger partial charge >= 0.3 is 0 Å². The summed E-state index contributed by atoms with van der Waals surface area (Å²) in [7, 11) is 1.65. The number of aromatic nitrogens is 1. The quantitative estimate of drug-likeness (QED) is 0.686. The van der Waals surface area contributed by atoms with Crippen LogP contribution in [-0.4, -0.2) is 38.2 Å². The highest BCUT2D eigenvalue weighted by Crippen LogP contribution is 2.44. The molecule has 0 radical (unpaired) electrons. The summed E-state index contributed by atoms with van der Waals surface area (Å²) in [5, 5.41) is 0. The Labute approximate surface area is 165 Å². The van der Waals surface area contributed by atoms with Gasteiger partial charge in [-0.05, 0) is 54.5 Å². The van der Waals surface area contributed by atoms with Gasteiger partial charge in [-0.3, -0.25) is 4.98 Å². The lowest BCUT2D eigenvalue weighted by Crippen LogP contribution is -2.27. The third-order valence-corrected chi connectivity index (χ3v) is 5.83. The average molecular weight is 383 g/mol. The minimum atomic E-state index is -0.240. The molecular formula is C23H26FNO3. The summed E-state index contributed by atoms with van der Waals surface area (Å²) in [6, 6.07) is 10.5. The van der Waals surface area contributed by atoms with Crippen LogP contribution in [0.4, 0.5) is 4.39 Å². The van der Waals surface area contributed by atoms with E-state index >= 15 is 0 Å². The Balaban J connectivity index is 1.48. The molecule has 1 saturated heterocycles. The SMILES string of the molecule is COCOC1C[C@H]2COCC[C@H]2[C@@H]1/C=C/c1ccc(-c2cccc(F)c2)cn1. The summed E-state index contributed by atoms with van der Waals surface area (Å²) < 4.78 is 30.1. The number of halogens is 1. The molecule has 4 nitrogen and oxygen atoms in total. The van der Waals surface area contributed by atoms with Crippen LogP contribution in [0.2, 0.25) is 0 Å². The fourth-order valence-electron chi connectivity index (χ4n) is 4.45. The molecule has 0 spiro atoms. The lowest BCUT2D eigenvalue weighted by molar-refractivity contribution is -0.0803. The van der Waals surface area contributed by atoms with Gasteiger partial charge in [0.2, 0.25) is 0 Å². The van der Waals surface area contributed by atoms with Crippen LogP contribution in [0, 0.1) is 23.6 Å². The first-order chi connectivity index (χ1) is 13.7. The van der Waals surface area contributed by atoms with Crippen molar-refractivity contribution >= 4 is 6.08 Å². The fraction of sp³-hybridized carbons (Fsp3) is 0.435. The normalized spacial score (nSPS) is 27.2. The molecule has 28 heavy (non-hydrogen) atoms. The number of nitrogens with zero attached hydrogens (tertiary/aromatic N) is 1. The summed E-state index contributed by atoms with van der Waals surface area (Å²) in [5.41, 5.74) is 2.63. The maximum atomic E-state index is 13.4. The molecule has 2 heterocycles. The second-order valence-corrected chi connectivity index (χ2v) is 7.55. The van der Waals surface area contributed by atoms with Crippen molar-refractivity contribution in [3.05, 3.63) is 60.2 Å². The number of benzene rings is 1. The Morgan fingerprint density at radius 3 is 2.96 bits per heavy atom. The van der Waals surface area contributed by atoms with Gasteiger partial charge in [0.15, 0.2) is 0 Å². The van der Waals surface area contributed by atoms with Gasteiger partial charge in [0, 0.05) is 38.0 Å². The molecule has 1 aliphatic carbocycles. The molecule has 1 aliphatic heterocycles. The molecule has 2 fully saturated rings. The van der Waals surface area contributed by atoms with E-state index in [4.69, 9.17) is 14.2 Å². The van der Waals surface area contributed by atoms with Gasteiger partial charge in [-0.1, -0.05) is 24.3 Å². The highest BCUT2D eigenvalue weighted by molar-refractivity contribution is 5.63. The van der Waals surface area contributed by atoms with Crippen molar-refractivity contribution < 1.29 is 18.6 Å². The van der Waals surface area contributed by atoms with E-state index in [2.05, 4.69) is 17.1 Å². The van der Waals surface area contributed by atoms with Gasteiger partial charge in [0.1, 0.15) is 12.6 Å². The largest absolute Gasteiger partial charge is 0.381 e. The van der Waals surface area contributed by atoms with Gasteiger partial charge in [-0.15, -0.1) is 0 Å². The van der Waals surface area contributed by atoms with Crippen LogP contribution < -0.4 is 0 Å². The van der Waals surface area contributed by atoms with Crippen molar-refractivity contribution in [1.29, 1.82) is 0 Å². The molecule has 0 N–H and O–H groups in total. The molecule has 4 atom stereocenters. The van der Waals surface area contributed by atoms with Crippen molar-refractivity contribution in [2.24, 2.45) is 17.8 Å². The van der Waals surface area contributed by atoms with E-state index < -0.39 is 0 Å². The van der Waals surface area contributed by atoms with Crippen molar-refractivity contribution in [1.82, 2.24) is 4.98 Å².